The molecule has 23 heavy (non-hydrogen) atoms. The Kier molecular flexibility index (Phi) is 4.38. The van der Waals surface area contributed by atoms with Gasteiger partial charge in [0.1, 0.15) is 5.75 Å². The summed E-state index contributed by atoms with van der Waals surface area (Å²) < 4.78 is 7.38. The number of rotatable bonds is 5. The van der Waals surface area contributed by atoms with Gasteiger partial charge in [0.05, 0.1) is 6.21 Å². The second-order valence-electron chi connectivity index (χ2n) is 5.11. The van der Waals surface area contributed by atoms with Crippen molar-refractivity contribution in [2.24, 2.45) is 12.1 Å². The van der Waals surface area contributed by atoms with Crippen LogP contribution in [-0.4, -0.2) is 23.3 Å². The zero-order valence-electron chi connectivity index (χ0n) is 12.8. The van der Waals surface area contributed by atoms with Crippen LogP contribution in [0.1, 0.15) is 5.56 Å². The number of carbonyl (C=O) groups excluding carboxylic acids is 1. The fourth-order valence-corrected chi connectivity index (χ4v) is 2.35. The summed E-state index contributed by atoms with van der Waals surface area (Å²) in [5.74, 6) is 0.353. The Bertz CT molecular complexity index is 838. The van der Waals surface area contributed by atoms with Gasteiger partial charge in [-0.3, -0.25) is 4.79 Å². The molecule has 1 aromatic heterocycles. The molecule has 3 rings (SSSR count). The van der Waals surface area contributed by atoms with Crippen LogP contribution in [0.4, 0.5) is 0 Å². The summed E-state index contributed by atoms with van der Waals surface area (Å²) in [6, 6.07) is 17.2. The summed E-state index contributed by atoms with van der Waals surface area (Å²) in [6.45, 7) is -0.0725. The number of aryl methyl sites for hydroxylation is 1. The van der Waals surface area contributed by atoms with Crippen LogP contribution >= 0.6 is 0 Å². The van der Waals surface area contributed by atoms with E-state index in [1.807, 2.05) is 60.3 Å². The third-order valence-electron chi connectivity index (χ3n) is 3.43. The molecule has 0 saturated carbocycles. The van der Waals surface area contributed by atoms with Gasteiger partial charge in [0, 0.05) is 29.7 Å². The van der Waals surface area contributed by atoms with Crippen molar-refractivity contribution in [2.45, 2.75) is 0 Å². The van der Waals surface area contributed by atoms with Gasteiger partial charge in [-0.25, -0.2) is 5.43 Å². The normalized spacial score (nSPS) is 11.0. The number of hydrogen-bond acceptors (Lipinski definition) is 3. The second-order valence-corrected chi connectivity index (χ2v) is 5.11. The van der Waals surface area contributed by atoms with Crippen molar-refractivity contribution in [1.82, 2.24) is 9.99 Å². The first-order valence-corrected chi connectivity index (χ1v) is 7.28. The third-order valence-corrected chi connectivity index (χ3v) is 3.43. The minimum Gasteiger partial charge on any atom is -0.484 e. The molecular weight excluding hydrogens is 290 g/mol. The minimum atomic E-state index is -0.301. The predicted molar refractivity (Wildman–Crippen MR) is 90.6 cm³/mol. The molecule has 0 bridgehead atoms. The molecule has 1 amide bonds. The van der Waals surface area contributed by atoms with E-state index in [1.54, 1.807) is 18.3 Å². The molecule has 5 heteroatoms. The van der Waals surface area contributed by atoms with Gasteiger partial charge in [0.15, 0.2) is 6.61 Å². The second kappa shape index (κ2) is 6.79. The highest BCUT2D eigenvalue weighted by Crippen LogP contribution is 2.18. The van der Waals surface area contributed by atoms with Crippen LogP contribution in [0.25, 0.3) is 10.9 Å². The van der Waals surface area contributed by atoms with Crippen molar-refractivity contribution in [3.63, 3.8) is 0 Å². The summed E-state index contributed by atoms with van der Waals surface area (Å²) in [5.41, 5.74) is 4.54. The molecule has 0 atom stereocenters. The number of ether oxygens (including phenoxy) is 1. The topological polar surface area (TPSA) is 55.6 Å². The number of benzene rings is 2. The maximum atomic E-state index is 11.7. The average Bonchev–Trinajstić information content (AvgIpc) is 2.91. The van der Waals surface area contributed by atoms with Crippen molar-refractivity contribution in [3.05, 3.63) is 66.4 Å². The third kappa shape index (κ3) is 3.58. The number of fused-ring (bicyclic) bond motifs is 1. The Morgan fingerprint density at radius 2 is 1.91 bits per heavy atom. The molecule has 0 aliphatic rings. The minimum absolute atomic E-state index is 0.0725. The molecule has 3 aromatic rings. The predicted octanol–water partition coefficient (Wildman–Crippen LogP) is 2.71. The summed E-state index contributed by atoms with van der Waals surface area (Å²) in [6.07, 6.45) is 3.61. The van der Waals surface area contributed by atoms with Crippen LogP contribution in [-0.2, 0) is 11.8 Å². The highest BCUT2D eigenvalue weighted by Gasteiger charge is 2.04. The van der Waals surface area contributed by atoms with Gasteiger partial charge >= 0.3 is 0 Å². The number of para-hydroxylation sites is 2. The number of aromatic nitrogens is 1. The number of carbonyl (C=O) groups is 1. The summed E-state index contributed by atoms with van der Waals surface area (Å²) in [7, 11) is 1.98. The van der Waals surface area contributed by atoms with E-state index in [0.29, 0.717) is 5.75 Å². The van der Waals surface area contributed by atoms with E-state index in [9.17, 15) is 4.79 Å². The molecule has 2 aromatic carbocycles. The fourth-order valence-electron chi connectivity index (χ4n) is 2.35. The quantitative estimate of drug-likeness (QED) is 0.582. The van der Waals surface area contributed by atoms with Crippen LogP contribution in [0.15, 0.2) is 65.9 Å². The summed E-state index contributed by atoms with van der Waals surface area (Å²) in [5, 5.41) is 5.09. The van der Waals surface area contributed by atoms with Crippen molar-refractivity contribution in [3.8, 4) is 5.75 Å². The van der Waals surface area contributed by atoms with E-state index in [-0.39, 0.29) is 12.5 Å². The Balaban J connectivity index is 1.59. The molecule has 0 saturated heterocycles. The van der Waals surface area contributed by atoms with Gasteiger partial charge in [0.25, 0.3) is 5.91 Å². The molecular formula is C18H17N3O2. The maximum Gasteiger partial charge on any atom is 0.277 e. The van der Waals surface area contributed by atoms with Crippen molar-refractivity contribution in [2.75, 3.05) is 6.61 Å². The van der Waals surface area contributed by atoms with E-state index >= 15 is 0 Å². The average molecular weight is 307 g/mol. The first-order chi connectivity index (χ1) is 11.2. The van der Waals surface area contributed by atoms with E-state index in [2.05, 4.69) is 10.5 Å². The van der Waals surface area contributed by atoms with Gasteiger partial charge in [-0.1, -0.05) is 36.4 Å². The maximum absolute atomic E-state index is 11.7. The first kappa shape index (κ1) is 14.8. The van der Waals surface area contributed by atoms with E-state index in [1.165, 1.54) is 0 Å². The van der Waals surface area contributed by atoms with E-state index < -0.39 is 0 Å². The van der Waals surface area contributed by atoms with Crippen molar-refractivity contribution >= 4 is 23.0 Å². The Hall–Kier alpha value is -3.08. The monoisotopic (exact) mass is 307 g/mol. The van der Waals surface area contributed by atoms with Crippen LogP contribution in [0.2, 0.25) is 0 Å². The van der Waals surface area contributed by atoms with Crippen LogP contribution in [0.5, 0.6) is 5.75 Å². The molecule has 0 unspecified atom stereocenters. The lowest BCUT2D eigenvalue weighted by Crippen LogP contribution is -2.24. The molecule has 1 heterocycles. The highest BCUT2D eigenvalue weighted by atomic mass is 16.5. The van der Waals surface area contributed by atoms with E-state index in [0.717, 1.165) is 16.5 Å². The Morgan fingerprint density at radius 3 is 2.74 bits per heavy atom. The van der Waals surface area contributed by atoms with Gasteiger partial charge in [-0.05, 0) is 18.2 Å². The smallest absolute Gasteiger partial charge is 0.277 e. The summed E-state index contributed by atoms with van der Waals surface area (Å²) in [4.78, 5) is 11.7. The lowest BCUT2D eigenvalue weighted by Gasteiger charge is -2.03. The molecule has 116 valence electrons. The number of hydrazone groups is 1. The van der Waals surface area contributed by atoms with Crippen molar-refractivity contribution in [1.29, 1.82) is 0 Å². The number of hydrogen-bond donors (Lipinski definition) is 1. The highest BCUT2D eigenvalue weighted by molar-refractivity contribution is 5.99. The zero-order valence-corrected chi connectivity index (χ0v) is 12.8. The lowest BCUT2D eigenvalue weighted by molar-refractivity contribution is -0.123. The van der Waals surface area contributed by atoms with Gasteiger partial charge in [-0.2, -0.15) is 5.10 Å². The van der Waals surface area contributed by atoms with Crippen LogP contribution in [0.3, 0.4) is 0 Å². The van der Waals surface area contributed by atoms with Gasteiger partial charge < -0.3 is 9.30 Å². The molecule has 5 nitrogen and oxygen atoms in total. The Morgan fingerprint density at radius 1 is 1.17 bits per heavy atom. The van der Waals surface area contributed by atoms with Crippen LogP contribution in [0, 0.1) is 0 Å². The standard InChI is InChI=1S/C18H17N3O2/c1-21-12-14(16-9-5-6-10-17(16)21)11-19-20-18(22)13-23-15-7-3-2-4-8-15/h2-12H,13H2,1H3,(H,20,22)/b19-11+. The largest absolute Gasteiger partial charge is 0.484 e. The molecule has 0 aliphatic heterocycles. The Labute approximate surface area is 134 Å². The number of nitrogens with zero attached hydrogens (tertiary/aromatic N) is 2. The molecule has 0 fully saturated rings. The van der Waals surface area contributed by atoms with Gasteiger partial charge in [0.2, 0.25) is 0 Å². The fraction of sp³-hybridized carbons (Fsp3) is 0.111. The lowest BCUT2D eigenvalue weighted by atomic mass is 10.2. The first-order valence-electron chi connectivity index (χ1n) is 7.28. The molecule has 0 radical (unpaired) electrons. The van der Waals surface area contributed by atoms with Crippen molar-refractivity contribution < 1.29 is 9.53 Å². The molecule has 1 N–H and O–H groups in total. The summed E-state index contributed by atoms with van der Waals surface area (Å²) >= 11 is 0. The van der Waals surface area contributed by atoms with Crippen LogP contribution < -0.4 is 10.2 Å². The SMILES string of the molecule is Cn1cc(/C=N/NC(=O)COc2ccccc2)c2ccccc21. The van der Waals surface area contributed by atoms with Gasteiger partial charge in [-0.15, -0.1) is 0 Å². The van der Waals surface area contributed by atoms with E-state index in [4.69, 9.17) is 4.74 Å². The molecule has 0 spiro atoms. The zero-order chi connectivity index (χ0) is 16.1. The number of nitrogens with one attached hydrogen (secondary N) is 1. The number of amides is 1. The molecule has 0 aliphatic carbocycles.